The summed E-state index contributed by atoms with van der Waals surface area (Å²) in [7, 11) is 0. The molecule has 0 saturated heterocycles. The van der Waals surface area contributed by atoms with E-state index in [1.54, 1.807) is 0 Å². The van der Waals surface area contributed by atoms with Gasteiger partial charge in [-0.05, 0) is 0 Å². The van der Waals surface area contributed by atoms with Gasteiger partial charge in [0.05, 0.1) is 17.1 Å². The Morgan fingerprint density at radius 3 is 2.11 bits per heavy atom. The number of non-ortho nitro benzene ring substituents is 1. The van der Waals surface area contributed by atoms with Crippen molar-refractivity contribution in [3.8, 4) is 0 Å². The second kappa shape index (κ2) is 2.26. The van der Waals surface area contributed by atoms with Crippen LogP contribution in [0.1, 0.15) is 0 Å². The van der Waals surface area contributed by atoms with E-state index in [1.165, 1.54) is 0 Å². The highest BCUT2D eigenvalue weighted by molar-refractivity contribution is 5.22. The summed E-state index contributed by atoms with van der Waals surface area (Å²) in [5.74, 6) is 0. The first kappa shape index (κ1) is 5.75. The highest BCUT2D eigenvalue weighted by Crippen LogP contribution is 2.03. The molecule has 5 radical (unpaired) electrons. The molecule has 0 amide bonds. The third-order valence-corrected chi connectivity index (χ3v) is 0.669. The molecule has 9 heavy (non-hydrogen) atoms. The Morgan fingerprint density at radius 2 is 1.78 bits per heavy atom. The number of rotatable bonds is 1. The van der Waals surface area contributed by atoms with Crippen LogP contribution in [0.2, 0.25) is 0 Å². The Balaban J connectivity index is 2.98. The quantitative estimate of drug-likeness (QED) is 0.412. The second-order valence-electron chi connectivity index (χ2n) is 1.23. The summed E-state index contributed by atoms with van der Waals surface area (Å²) in [6.45, 7) is 0. The first-order valence-electron chi connectivity index (χ1n) is 2.09. The zero-order valence-corrected chi connectivity index (χ0v) is 4.26. The number of hydrogen-bond acceptors (Lipinski definition) is 2. The molecule has 41 valence electrons. The van der Waals surface area contributed by atoms with E-state index >= 15 is 0 Å². The Hall–Kier alpha value is -1.38. The standard InChI is InChI=1S/C6NO2/c8-7(9)6-4-2-1-3-5-6/i1+2,2+2,3+2,4+2,5+2,6+2. The first-order valence-corrected chi connectivity index (χ1v) is 2.09. The third-order valence-electron chi connectivity index (χ3n) is 0.669. The van der Waals surface area contributed by atoms with Gasteiger partial charge in [-0.1, -0.05) is 0 Å². The average molecular weight is 130 g/mol. The number of nitro groups is 1. The predicted octanol–water partition coefficient (Wildman–Crippen LogP) is 0.596. The van der Waals surface area contributed by atoms with Crippen LogP contribution in [0.25, 0.3) is 0 Å². The monoisotopic (exact) mass is 130 g/mol. The molecule has 1 aromatic rings. The maximum atomic E-state index is 9.89. The highest BCUT2D eigenvalue weighted by Gasteiger charge is 2.01. The lowest BCUT2D eigenvalue weighted by Gasteiger charge is -1.82. The minimum absolute atomic E-state index is 0.256. The summed E-state index contributed by atoms with van der Waals surface area (Å²) >= 11 is 0. The van der Waals surface area contributed by atoms with Gasteiger partial charge in [-0.3, -0.25) is 10.1 Å². The van der Waals surface area contributed by atoms with Crippen LogP contribution < -0.4 is 0 Å². The molecule has 3 heteroatoms. The van der Waals surface area contributed by atoms with Crippen molar-refractivity contribution < 1.29 is 4.92 Å². The minimum atomic E-state index is -0.610. The molecule has 0 heterocycles. The van der Waals surface area contributed by atoms with Crippen LogP contribution in [0.5, 0.6) is 0 Å². The number of benzene rings is 1. The fourth-order valence-corrected chi connectivity index (χ4v) is 0.335. The summed E-state index contributed by atoms with van der Waals surface area (Å²) in [4.78, 5) is 9.28. The van der Waals surface area contributed by atoms with E-state index in [0.717, 1.165) is 0 Å². The average Bonchev–Trinajstić information content (AvgIpc) is 1.90. The van der Waals surface area contributed by atoms with E-state index in [9.17, 15) is 10.1 Å². The fraction of sp³-hybridized carbons (Fsp3) is 0. The molecule has 0 aliphatic rings. The molecule has 0 aromatic heterocycles. The van der Waals surface area contributed by atoms with Gasteiger partial charge >= 0.3 is 0 Å². The molecule has 0 aliphatic carbocycles. The molecule has 1 rings (SSSR count). The van der Waals surface area contributed by atoms with Crippen molar-refractivity contribution in [1.82, 2.24) is 0 Å². The Labute approximate surface area is 52.1 Å². The maximum absolute atomic E-state index is 9.89. The lowest BCUT2D eigenvalue weighted by atomic mass is 12.2. The lowest BCUT2D eigenvalue weighted by Crippen LogP contribution is -1.86. The SMILES string of the molecule is O=[N+]([O-])[14c]1[14c][14c][14c][14c][14c]1. The van der Waals surface area contributed by atoms with Gasteiger partial charge in [0.2, 0.25) is 0 Å². The zero-order valence-electron chi connectivity index (χ0n) is 4.26. The van der Waals surface area contributed by atoms with Crippen molar-refractivity contribution >= 4 is 5.69 Å². The third kappa shape index (κ3) is 1.25. The molecular formula is C6NO2. The predicted molar refractivity (Wildman–Crippen MR) is 27.3 cm³/mol. The van der Waals surface area contributed by atoms with Gasteiger partial charge in [0.1, 0.15) is 0 Å². The van der Waals surface area contributed by atoms with Crippen molar-refractivity contribution in [1.29, 1.82) is 0 Å². The number of nitro benzene ring substituents is 1. The van der Waals surface area contributed by atoms with Crippen LogP contribution in [-0.2, 0) is 0 Å². The molecule has 1 aromatic carbocycles. The first-order chi connectivity index (χ1) is 4.30. The van der Waals surface area contributed by atoms with Gasteiger partial charge in [-0.25, -0.2) is 0 Å². The smallest absolute Gasteiger partial charge is 0.258 e. The van der Waals surface area contributed by atoms with Crippen LogP contribution in [0.15, 0.2) is 0 Å². The fourth-order valence-electron chi connectivity index (χ4n) is 0.335. The summed E-state index contributed by atoms with van der Waals surface area (Å²) < 4.78 is 0. The summed E-state index contributed by atoms with van der Waals surface area (Å²) in [6.07, 6.45) is 0. The van der Waals surface area contributed by atoms with E-state index in [4.69, 9.17) is 0 Å². The van der Waals surface area contributed by atoms with Gasteiger partial charge < -0.3 is 0 Å². The molecule has 0 bridgehead atoms. The molecule has 0 fully saturated rings. The molecule has 3 nitrogen and oxygen atoms in total. The van der Waals surface area contributed by atoms with Crippen LogP contribution in [-0.4, -0.2) is 4.92 Å². The van der Waals surface area contributed by atoms with Crippen molar-refractivity contribution in [2.45, 2.75) is 0 Å². The molecule has 0 saturated carbocycles. The Morgan fingerprint density at radius 1 is 1.22 bits per heavy atom. The van der Waals surface area contributed by atoms with Gasteiger partial charge in [-0.2, -0.15) is 0 Å². The summed E-state index contributed by atoms with van der Waals surface area (Å²) in [6, 6.07) is 11.3. The minimum Gasteiger partial charge on any atom is -0.258 e. The topological polar surface area (TPSA) is 43.1 Å². The molecule has 0 aliphatic heterocycles. The highest BCUT2D eigenvalue weighted by atomic mass is 16.7. The number of nitrogens with zero attached hydrogens (tertiary/aromatic N) is 1. The van der Waals surface area contributed by atoms with Crippen molar-refractivity contribution in [2.24, 2.45) is 0 Å². The molecule has 0 spiro atoms. The van der Waals surface area contributed by atoms with E-state index in [2.05, 4.69) is 30.3 Å². The maximum Gasteiger partial charge on any atom is 0.286 e. The van der Waals surface area contributed by atoms with E-state index in [0.29, 0.717) is 0 Å². The largest absolute Gasteiger partial charge is 0.286 e. The van der Waals surface area contributed by atoms with Crippen molar-refractivity contribution in [3.05, 3.63) is 40.4 Å². The van der Waals surface area contributed by atoms with Gasteiger partial charge in [0.15, 0.2) is 0 Å². The Kier molecular flexibility index (Phi) is 1.44. The molecule has 0 atom stereocenters. The molecule has 0 N–H and O–H groups in total. The van der Waals surface area contributed by atoms with Crippen molar-refractivity contribution in [2.75, 3.05) is 0 Å². The number of hydrogen-bond donors (Lipinski definition) is 0. The van der Waals surface area contributed by atoms with Crippen LogP contribution in [0, 0.1) is 40.4 Å². The Bertz CT molecular complexity index is 208. The van der Waals surface area contributed by atoms with Crippen LogP contribution in [0.3, 0.4) is 0 Å². The van der Waals surface area contributed by atoms with E-state index in [-0.39, 0.29) is 5.69 Å². The van der Waals surface area contributed by atoms with Gasteiger partial charge in [0.25, 0.3) is 5.69 Å². The zero-order chi connectivity index (χ0) is 6.69. The van der Waals surface area contributed by atoms with E-state index < -0.39 is 4.92 Å². The summed E-state index contributed by atoms with van der Waals surface area (Å²) in [5.41, 5.74) is -0.256. The molecular weight excluding hydrogens is 130 g/mol. The normalized spacial score (nSPS) is 8.89. The second-order valence-corrected chi connectivity index (χ2v) is 1.23. The van der Waals surface area contributed by atoms with Gasteiger partial charge in [0, 0.05) is 18.2 Å². The van der Waals surface area contributed by atoms with Gasteiger partial charge in [-0.15, -0.1) is 0 Å². The van der Waals surface area contributed by atoms with Crippen molar-refractivity contribution in [3.63, 3.8) is 0 Å². The lowest BCUT2D eigenvalue weighted by molar-refractivity contribution is -0.385. The molecule has 0 unspecified atom stereocenters. The van der Waals surface area contributed by atoms with Crippen LogP contribution in [0.4, 0.5) is 5.69 Å². The summed E-state index contributed by atoms with van der Waals surface area (Å²) in [5, 5.41) is 9.89. The van der Waals surface area contributed by atoms with E-state index in [1.807, 2.05) is 0 Å². The van der Waals surface area contributed by atoms with Crippen LogP contribution >= 0.6 is 0 Å².